The number of allylic oxidation sites excluding steroid dienone is 1. The number of thioether (sulfide) groups is 1. The van der Waals surface area contributed by atoms with Crippen molar-refractivity contribution < 1.29 is 23.1 Å². The third-order valence-corrected chi connectivity index (χ3v) is 7.27. The van der Waals surface area contributed by atoms with Crippen molar-refractivity contribution in [1.82, 2.24) is 10.2 Å². The Morgan fingerprint density at radius 2 is 1.69 bits per heavy atom. The normalized spacial score (nSPS) is 16.4. The summed E-state index contributed by atoms with van der Waals surface area (Å²) in [5.41, 5.74) is 3.06. The highest BCUT2D eigenvalue weighted by atomic mass is 32.2. The van der Waals surface area contributed by atoms with E-state index in [4.69, 9.17) is 4.74 Å². The molecule has 2 heterocycles. The molecule has 0 aromatic heterocycles. The van der Waals surface area contributed by atoms with E-state index >= 15 is 4.39 Å². The van der Waals surface area contributed by atoms with Gasteiger partial charge in [-0.3, -0.25) is 4.79 Å². The van der Waals surface area contributed by atoms with Gasteiger partial charge in [0.05, 0.1) is 23.7 Å². The van der Waals surface area contributed by atoms with Crippen LogP contribution in [-0.4, -0.2) is 21.9 Å². The molecule has 0 fully saturated rings. The topological polar surface area (TPSA) is 71.0 Å². The van der Waals surface area contributed by atoms with Gasteiger partial charge < -0.3 is 15.0 Å². The highest BCUT2D eigenvalue weighted by Gasteiger charge is 2.42. The van der Waals surface area contributed by atoms with Gasteiger partial charge >= 0.3 is 5.97 Å². The fourth-order valence-corrected chi connectivity index (χ4v) is 5.42. The van der Waals surface area contributed by atoms with Gasteiger partial charge in [0.25, 0.3) is 0 Å². The number of fused-ring (bicyclic) bond motifs is 1. The average Bonchev–Trinajstić information content (AvgIpc) is 3.33. The molecular formula is C30H25F2N3O3S. The number of nitrogens with one attached hydrogen (secondary N) is 1. The van der Waals surface area contributed by atoms with Crippen LogP contribution in [0.25, 0.3) is 0 Å². The van der Waals surface area contributed by atoms with Crippen molar-refractivity contribution in [3.05, 3.63) is 130 Å². The smallest absolute Gasteiger partial charge is 0.338 e. The number of ether oxygens (including phenoxy) is 1. The standard InChI is InChI=1S/C30H25F2N3O3S/c1-19-27(29(37)38-17-21-7-3-2-4-8-21)28(24-9-5-6-10-25(24)32)35-23(18-39-30(35)34-19)15-26(36)33-16-20-11-13-22(31)14-12-20/h2-14,18,28H,15-17H2,1H3,(H,33,36)/t28-/m1/s1. The van der Waals surface area contributed by atoms with E-state index in [1.54, 1.807) is 47.6 Å². The first-order valence-corrected chi connectivity index (χ1v) is 13.2. The molecule has 2 aliphatic rings. The van der Waals surface area contributed by atoms with Gasteiger partial charge in [0.15, 0.2) is 5.17 Å². The number of hydrogen-bond acceptors (Lipinski definition) is 6. The van der Waals surface area contributed by atoms with E-state index < -0.39 is 17.8 Å². The number of amidine groups is 1. The van der Waals surface area contributed by atoms with E-state index in [1.165, 1.54) is 30.0 Å². The molecule has 3 aromatic carbocycles. The lowest BCUT2D eigenvalue weighted by Crippen LogP contribution is -2.38. The highest BCUT2D eigenvalue weighted by Crippen LogP contribution is 2.45. The Kier molecular flexibility index (Phi) is 7.88. The molecule has 0 radical (unpaired) electrons. The molecule has 0 saturated heterocycles. The van der Waals surface area contributed by atoms with Crippen LogP contribution in [0, 0.1) is 11.6 Å². The number of halogens is 2. The summed E-state index contributed by atoms with van der Waals surface area (Å²) in [4.78, 5) is 32.7. The Morgan fingerprint density at radius 3 is 2.44 bits per heavy atom. The predicted molar refractivity (Wildman–Crippen MR) is 146 cm³/mol. The van der Waals surface area contributed by atoms with Gasteiger partial charge in [-0.2, -0.15) is 0 Å². The van der Waals surface area contributed by atoms with Crippen LogP contribution in [0.1, 0.15) is 36.1 Å². The van der Waals surface area contributed by atoms with Crippen LogP contribution in [0.3, 0.4) is 0 Å². The summed E-state index contributed by atoms with van der Waals surface area (Å²) in [7, 11) is 0. The summed E-state index contributed by atoms with van der Waals surface area (Å²) in [6.07, 6.45) is -0.0242. The van der Waals surface area contributed by atoms with E-state index in [1.807, 2.05) is 30.3 Å². The Morgan fingerprint density at radius 1 is 0.974 bits per heavy atom. The zero-order valence-electron chi connectivity index (χ0n) is 21.1. The fourth-order valence-electron chi connectivity index (χ4n) is 4.45. The maximum Gasteiger partial charge on any atom is 0.338 e. The number of nitrogens with zero attached hydrogens (tertiary/aromatic N) is 2. The fraction of sp³-hybridized carbons (Fsp3) is 0.167. The monoisotopic (exact) mass is 545 g/mol. The zero-order valence-corrected chi connectivity index (χ0v) is 21.9. The Bertz CT molecular complexity index is 1490. The molecule has 0 spiro atoms. The zero-order chi connectivity index (χ0) is 27.4. The molecular weight excluding hydrogens is 520 g/mol. The summed E-state index contributed by atoms with van der Waals surface area (Å²) >= 11 is 1.31. The third-order valence-electron chi connectivity index (χ3n) is 6.38. The average molecular weight is 546 g/mol. The minimum Gasteiger partial charge on any atom is -0.457 e. The molecule has 6 nitrogen and oxygen atoms in total. The summed E-state index contributed by atoms with van der Waals surface area (Å²) in [6, 6.07) is 20.5. The molecule has 1 atom stereocenters. The van der Waals surface area contributed by atoms with Crippen LogP contribution in [0.5, 0.6) is 0 Å². The van der Waals surface area contributed by atoms with Gasteiger partial charge in [0.2, 0.25) is 5.91 Å². The van der Waals surface area contributed by atoms with Crippen molar-refractivity contribution in [3.63, 3.8) is 0 Å². The molecule has 0 saturated carbocycles. The van der Waals surface area contributed by atoms with Crippen LogP contribution in [-0.2, 0) is 27.5 Å². The Hall–Kier alpha value is -4.24. The summed E-state index contributed by atoms with van der Waals surface area (Å²) in [5, 5.41) is 5.16. The molecule has 1 N–H and O–H groups in total. The number of esters is 1. The van der Waals surface area contributed by atoms with E-state index in [-0.39, 0.29) is 42.4 Å². The van der Waals surface area contributed by atoms with Crippen molar-refractivity contribution in [2.75, 3.05) is 0 Å². The Labute approximate surface area is 229 Å². The molecule has 2 aliphatic heterocycles. The molecule has 198 valence electrons. The summed E-state index contributed by atoms with van der Waals surface area (Å²) < 4.78 is 34.0. The first-order valence-electron chi connectivity index (χ1n) is 12.3. The lowest BCUT2D eigenvalue weighted by molar-refractivity contribution is -0.141. The predicted octanol–water partition coefficient (Wildman–Crippen LogP) is 5.99. The third kappa shape index (κ3) is 5.93. The van der Waals surface area contributed by atoms with Crippen LogP contribution in [0.15, 0.2) is 106 Å². The molecule has 0 bridgehead atoms. The molecule has 0 unspecified atom stereocenters. The molecule has 9 heteroatoms. The first-order chi connectivity index (χ1) is 18.9. The van der Waals surface area contributed by atoms with Gasteiger partial charge in [0, 0.05) is 17.8 Å². The van der Waals surface area contributed by atoms with Crippen molar-refractivity contribution in [3.8, 4) is 0 Å². The molecule has 3 aromatic rings. The maximum atomic E-state index is 15.2. The van der Waals surface area contributed by atoms with Gasteiger partial charge in [-0.25, -0.2) is 18.6 Å². The van der Waals surface area contributed by atoms with Crippen LogP contribution in [0.2, 0.25) is 0 Å². The van der Waals surface area contributed by atoms with Crippen molar-refractivity contribution in [2.45, 2.75) is 32.5 Å². The molecule has 1 amide bonds. The van der Waals surface area contributed by atoms with E-state index in [9.17, 15) is 14.0 Å². The van der Waals surface area contributed by atoms with E-state index in [2.05, 4.69) is 10.3 Å². The molecule has 39 heavy (non-hydrogen) atoms. The maximum absolute atomic E-state index is 15.2. The number of hydrogen-bond donors (Lipinski definition) is 1. The highest BCUT2D eigenvalue weighted by molar-refractivity contribution is 8.16. The molecule has 5 rings (SSSR count). The number of carbonyl (C=O) groups excluding carboxylic acids is 2. The quantitative estimate of drug-likeness (QED) is 0.352. The van der Waals surface area contributed by atoms with Crippen LogP contribution < -0.4 is 5.32 Å². The molecule has 0 aliphatic carbocycles. The summed E-state index contributed by atoms with van der Waals surface area (Å²) in [5.74, 6) is -1.72. The summed E-state index contributed by atoms with van der Waals surface area (Å²) in [6.45, 7) is 1.98. The van der Waals surface area contributed by atoms with Crippen molar-refractivity contribution in [2.24, 2.45) is 4.99 Å². The second-order valence-corrected chi connectivity index (χ2v) is 9.89. The Balaban J connectivity index is 1.39. The second-order valence-electron chi connectivity index (χ2n) is 9.06. The lowest BCUT2D eigenvalue weighted by atomic mass is 9.93. The minimum atomic E-state index is -0.867. The van der Waals surface area contributed by atoms with Crippen molar-refractivity contribution >= 4 is 28.8 Å². The number of aliphatic imine (C=N–C) groups is 1. The van der Waals surface area contributed by atoms with Gasteiger partial charge in [0.1, 0.15) is 18.2 Å². The van der Waals surface area contributed by atoms with Gasteiger partial charge in [-0.15, -0.1) is 0 Å². The number of amides is 1. The minimum absolute atomic E-state index is 0.0242. The number of carbonyl (C=O) groups is 2. The van der Waals surface area contributed by atoms with E-state index in [0.29, 0.717) is 16.6 Å². The second kappa shape index (κ2) is 11.7. The van der Waals surface area contributed by atoms with E-state index in [0.717, 1.165) is 11.1 Å². The van der Waals surface area contributed by atoms with Gasteiger partial charge in [-0.05, 0) is 41.7 Å². The number of rotatable bonds is 8. The van der Waals surface area contributed by atoms with Crippen molar-refractivity contribution in [1.29, 1.82) is 0 Å². The number of benzene rings is 3. The lowest BCUT2D eigenvalue weighted by Gasteiger charge is -2.36. The largest absolute Gasteiger partial charge is 0.457 e. The van der Waals surface area contributed by atoms with Crippen LogP contribution >= 0.6 is 11.8 Å². The van der Waals surface area contributed by atoms with Gasteiger partial charge in [-0.1, -0.05) is 72.4 Å². The first kappa shape index (κ1) is 26.4. The van der Waals surface area contributed by atoms with Crippen LogP contribution in [0.4, 0.5) is 8.78 Å². The SMILES string of the molecule is CC1=C(C(=O)OCc2ccccc2)[C@@H](c2ccccc2F)N2C(CC(=O)NCc3ccc(F)cc3)=CSC2=N1.